The van der Waals surface area contributed by atoms with Crippen molar-refractivity contribution >= 4 is 0 Å². The van der Waals surface area contributed by atoms with Crippen LogP contribution in [0.15, 0.2) is 12.2 Å². The van der Waals surface area contributed by atoms with E-state index in [9.17, 15) is 0 Å². The first-order chi connectivity index (χ1) is 6.69. The van der Waals surface area contributed by atoms with E-state index in [-0.39, 0.29) is 0 Å². The SMILES string of the molecule is C=C(CC)CC(NCC)C(C)C1CC1. The maximum atomic E-state index is 4.12. The molecule has 0 aromatic rings. The Bertz CT molecular complexity index is 182. The quantitative estimate of drug-likeness (QED) is 0.614. The van der Waals surface area contributed by atoms with Crippen molar-refractivity contribution < 1.29 is 0 Å². The van der Waals surface area contributed by atoms with Crippen LogP contribution >= 0.6 is 0 Å². The van der Waals surface area contributed by atoms with Crippen molar-refractivity contribution in [2.45, 2.75) is 52.5 Å². The lowest BCUT2D eigenvalue weighted by Crippen LogP contribution is -2.36. The molecule has 1 aliphatic rings. The van der Waals surface area contributed by atoms with E-state index in [0.29, 0.717) is 6.04 Å². The predicted molar refractivity (Wildman–Crippen MR) is 63.4 cm³/mol. The lowest BCUT2D eigenvalue weighted by atomic mass is 9.91. The second-order valence-electron chi connectivity index (χ2n) is 4.67. The number of hydrogen-bond acceptors (Lipinski definition) is 1. The lowest BCUT2D eigenvalue weighted by Gasteiger charge is -2.25. The molecule has 1 rings (SSSR count). The predicted octanol–water partition coefficient (Wildman–Crippen LogP) is 3.37. The Kier molecular flexibility index (Phi) is 4.67. The van der Waals surface area contributed by atoms with Crippen LogP contribution < -0.4 is 5.32 Å². The van der Waals surface area contributed by atoms with Crippen molar-refractivity contribution in [3.05, 3.63) is 12.2 Å². The van der Waals surface area contributed by atoms with E-state index in [1.54, 1.807) is 0 Å². The first-order valence-electron chi connectivity index (χ1n) is 6.09. The van der Waals surface area contributed by atoms with Crippen LogP contribution in [0, 0.1) is 11.8 Å². The van der Waals surface area contributed by atoms with Gasteiger partial charge < -0.3 is 5.32 Å². The number of nitrogens with one attached hydrogen (secondary N) is 1. The summed E-state index contributed by atoms with van der Waals surface area (Å²) in [4.78, 5) is 0. The van der Waals surface area contributed by atoms with E-state index < -0.39 is 0 Å². The molecule has 14 heavy (non-hydrogen) atoms. The first-order valence-corrected chi connectivity index (χ1v) is 6.09. The van der Waals surface area contributed by atoms with Gasteiger partial charge in [-0.2, -0.15) is 0 Å². The van der Waals surface area contributed by atoms with E-state index in [1.165, 1.54) is 24.8 Å². The Morgan fingerprint density at radius 3 is 2.50 bits per heavy atom. The van der Waals surface area contributed by atoms with Gasteiger partial charge in [-0.3, -0.25) is 0 Å². The van der Waals surface area contributed by atoms with Crippen molar-refractivity contribution in [2.24, 2.45) is 11.8 Å². The molecule has 1 fully saturated rings. The van der Waals surface area contributed by atoms with Crippen LogP contribution in [-0.4, -0.2) is 12.6 Å². The van der Waals surface area contributed by atoms with Crippen molar-refractivity contribution in [3.63, 3.8) is 0 Å². The Morgan fingerprint density at radius 1 is 1.43 bits per heavy atom. The van der Waals surface area contributed by atoms with Crippen LogP contribution in [0.5, 0.6) is 0 Å². The highest BCUT2D eigenvalue weighted by Crippen LogP contribution is 2.39. The van der Waals surface area contributed by atoms with Crippen LogP contribution in [0.1, 0.15) is 46.5 Å². The van der Waals surface area contributed by atoms with Gasteiger partial charge in [0, 0.05) is 6.04 Å². The van der Waals surface area contributed by atoms with E-state index in [0.717, 1.165) is 24.8 Å². The van der Waals surface area contributed by atoms with E-state index in [2.05, 4.69) is 32.7 Å². The molecule has 0 aliphatic heterocycles. The molecule has 0 bridgehead atoms. The van der Waals surface area contributed by atoms with Gasteiger partial charge in [0.1, 0.15) is 0 Å². The van der Waals surface area contributed by atoms with Crippen molar-refractivity contribution in [1.29, 1.82) is 0 Å². The molecule has 82 valence electrons. The molecular weight excluding hydrogens is 170 g/mol. The highest BCUT2D eigenvalue weighted by Gasteiger charge is 2.32. The van der Waals surface area contributed by atoms with Crippen LogP contribution in [-0.2, 0) is 0 Å². The zero-order valence-electron chi connectivity index (χ0n) is 9.97. The summed E-state index contributed by atoms with van der Waals surface area (Å²) in [6.07, 6.45) is 5.19. The minimum absolute atomic E-state index is 0.667. The molecule has 0 aromatic carbocycles. The number of rotatable bonds is 7. The summed E-state index contributed by atoms with van der Waals surface area (Å²) in [5.41, 5.74) is 1.39. The molecule has 1 N–H and O–H groups in total. The molecule has 0 heterocycles. The van der Waals surface area contributed by atoms with Gasteiger partial charge in [0.25, 0.3) is 0 Å². The van der Waals surface area contributed by atoms with Gasteiger partial charge in [0.2, 0.25) is 0 Å². The van der Waals surface area contributed by atoms with Crippen LogP contribution in [0.4, 0.5) is 0 Å². The molecule has 2 unspecified atom stereocenters. The monoisotopic (exact) mass is 195 g/mol. The normalized spacial score (nSPS) is 20.5. The van der Waals surface area contributed by atoms with Gasteiger partial charge in [0.15, 0.2) is 0 Å². The second kappa shape index (κ2) is 5.55. The van der Waals surface area contributed by atoms with Gasteiger partial charge in [-0.15, -0.1) is 0 Å². The van der Waals surface area contributed by atoms with Crippen LogP contribution in [0.2, 0.25) is 0 Å². The summed E-state index contributed by atoms with van der Waals surface area (Å²) in [7, 11) is 0. The summed E-state index contributed by atoms with van der Waals surface area (Å²) < 4.78 is 0. The smallest absolute Gasteiger partial charge is 0.0132 e. The molecular formula is C13H25N. The average molecular weight is 195 g/mol. The fourth-order valence-corrected chi connectivity index (χ4v) is 2.11. The zero-order valence-corrected chi connectivity index (χ0v) is 9.97. The number of hydrogen-bond donors (Lipinski definition) is 1. The van der Waals surface area contributed by atoms with Crippen LogP contribution in [0.25, 0.3) is 0 Å². The Balaban J connectivity index is 2.40. The summed E-state index contributed by atoms with van der Waals surface area (Å²) >= 11 is 0. The van der Waals surface area contributed by atoms with E-state index in [1.807, 2.05) is 0 Å². The Morgan fingerprint density at radius 2 is 2.07 bits per heavy atom. The average Bonchev–Trinajstić information content (AvgIpc) is 2.99. The topological polar surface area (TPSA) is 12.0 Å². The standard InChI is InChI=1S/C13H25N/c1-5-10(3)9-13(14-6-2)11(4)12-7-8-12/h11-14H,3,5-9H2,1-2,4H3. The van der Waals surface area contributed by atoms with Gasteiger partial charge in [-0.1, -0.05) is 32.9 Å². The molecule has 1 aliphatic carbocycles. The first kappa shape index (κ1) is 11.8. The third kappa shape index (κ3) is 3.45. The molecule has 0 saturated heterocycles. The Hall–Kier alpha value is -0.300. The summed E-state index contributed by atoms with van der Waals surface area (Å²) in [5, 5.41) is 3.61. The molecule has 0 spiro atoms. The molecule has 2 atom stereocenters. The molecule has 1 nitrogen and oxygen atoms in total. The molecule has 0 aromatic heterocycles. The third-order valence-corrected chi connectivity index (χ3v) is 3.48. The molecule has 1 heteroatoms. The largest absolute Gasteiger partial charge is 0.314 e. The molecule has 1 saturated carbocycles. The van der Waals surface area contributed by atoms with Crippen molar-refractivity contribution in [2.75, 3.05) is 6.54 Å². The maximum absolute atomic E-state index is 4.12. The van der Waals surface area contributed by atoms with Gasteiger partial charge >= 0.3 is 0 Å². The van der Waals surface area contributed by atoms with Gasteiger partial charge in [-0.25, -0.2) is 0 Å². The fourth-order valence-electron chi connectivity index (χ4n) is 2.11. The maximum Gasteiger partial charge on any atom is 0.0132 e. The second-order valence-corrected chi connectivity index (χ2v) is 4.67. The van der Waals surface area contributed by atoms with Gasteiger partial charge in [-0.05, 0) is 44.1 Å². The van der Waals surface area contributed by atoms with E-state index >= 15 is 0 Å². The minimum atomic E-state index is 0.667. The lowest BCUT2D eigenvalue weighted by molar-refractivity contribution is 0.343. The minimum Gasteiger partial charge on any atom is -0.314 e. The summed E-state index contributed by atoms with van der Waals surface area (Å²) in [6, 6.07) is 0.667. The summed E-state index contributed by atoms with van der Waals surface area (Å²) in [6.45, 7) is 12.0. The Labute approximate surface area is 89.0 Å². The third-order valence-electron chi connectivity index (χ3n) is 3.48. The van der Waals surface area contributed by atoms with E-state index in [4.69, 9.17) is 0 Å². The van der Waals surface area contributed by atoms with Crippen molar-refractivity contribution in [3.8, 4) is 0 Å². The summed E-state index contributed by atoms with van der Waals surface area (Å²) in [5.74, 6) is 1.82. The molecule has 0 radical (unpaired) electrons. The highest BCUT2D eigenvalue weighted by atomic mass is 14.9. The van der Waals surface area contributed by atoms with Crippen LogP contribution in [0.3, 0.4) is 0 Å². The van der Waals surface area contributed by atoms with Crippen molar-refractivity contribution in [1.82, 2.24) is 5.32 Å². The van der Waals surface area contributed by atoms with Gasteiger partial charge in [0.05, 0.1) is 0 Å². The zero-order chi connectivity index (χ0) is 10.6. The molecule has 0 amide bonds. The fraction of sp³-hybridized carbons (Fsp3) is 0.846. The highest BCUT2D eigenvalue weighted by molar-refractivity contribution is 4.99.